The van der Waals surface area contributed by atoms with Gasteiger partial charge in [0.1, 0.15) is 0 Å². The van der Waals surface area contributed by atoms with Gasteiger partial charge in [-0.15, -0.1) is 6.58 Å². The van der Waals surface area contributed by atoms with Crippen LogP contribution in [0.1, 0.15) is 40.5 Å². The van der Waals surface area contributed by atoms with Gasteiger partial charge in [-0.05, 0) is 33.6 Å². The fraction of sp³-hybridized carbons (Fsp3) is 0.600. The predicted molar refractivity (Wildman–Crippen MR) is 73.8 cm³/mol. The quantitative estimate of drug-likeness (QED) is 0.669. The second-order valence-corrected chi connectivity index (χ2v) is 5.15. The Hall–Kier alpha value is -0.860. The predicted octanol–water partition coefficient (Wildman–Crippen LogP) is 3.22. The second kappa shape index (κ2) is 7.46. The van der Waals surface area contributed by atoms with E-state index in [-0.39, 0.29) is 6.61 Å². The van der Waals surface area contributed by atoms with Gasteiger partial charge in [-0.3, -0.25) is 0 Å². The zero-order valence-electron chi connectivity index (χ0n) is 11.5. The molecule has 98 valence electrons. The maximum Gasteiger partial charge on any atom is 0.0833 e. The van der Waals surface area contributed by atoms with E-state index in [1.54, 1.807) is 13.0 Å². The number of aliphatic hydroxyl groups excluding tert-OH is 2. The first-order chi connectivity index (χ1) is 7.85. The van der Waals surface area contributed by atoms with Crippen LogP contribution in [0, 0.1) is 5.41 Å². The SMILES string of the molecule is C=CC(C)(CO)C(O)/C=C(\C)CCC=C(C)C. The summed E-state index contributed by atoms with van der Waals surface area (Å²) in [6.07, 6.45) is 6.84. The molecule has 0 amide bonds. The number of hydrogen-bond acceptors (Lipinski definition) is 2. The van der Waals surface area contributed by atoms with Crippen LogP contribution >= 0.6 is 0 Å². The largest absolute Gasteiger partial charge is 0.395 e. The van der Waals surface area contributed by atoms with Crippen molar-refractivity contribution in [2.24, 2.45) is 5.41 Å². The summed E-state index contributed by atoms with van der Waals surface area (Å²) in [6, 6.07) is 0. The fourth-order valence-electron chi connectivity index (χ4n) is 1.41. The average Bonchev–Trinajstić information content (AvgIpc) is 2.27. The summed E-state index contributed by atoms with van der Waals surface area (Å²) in [5.74, 6) is 0. The number of aliphatic hydroxyl groups is 2. The first-order valence-corrected chi connectivity index (χ1v) is 6.09. The van der Waals surface area contributed by atoms with Crippen LogP contribution in [0.2, 0.25) is 0 Å². The van der Waals surface area contributed by atoms with Gasteiger partial charge in [-0.1, -0.05) is 36.3 Å². The van der Waals surface area contributed by atoms with E-state index in [4.69, 9.17) is 0 Å². The lowest BCUT2D eigenvalue weighted by Gasteiger charge is -2.27. The Labute approximate surface area is 105 Å². The van der Waals surface area contributed by atoms with Crippen LogP contribution in [-0.2, 0) is 0 Å². The lowest BCUT2D eigenvalue weighted by atomic mass is 9.84. The third-order valence-electron chi connectivity index (χ3n) is 3.02. The molecule has 2 unspecified atom stereocenters. The van der Waals surface area contributed by atoms with Crippen LogP contribution < -0.4 is 0 Å². The molecule has 0 bridgehead atoms. The van der Waals surface area contributed by atoms with Crippen molar-refractivity contribution in [3.8, 4) is 0 Å². The highest BCUT2D eigenvalue weighted by Gasteiger charge is 2.27. The summed E-state index contributed by atoms with van der Waals surface area (Å²) in [4.78, 5) is 0. The van der Waals surface area contributed by atoms with Crippen molar-refractivity contribution >= 4 is 0 Å². The third kappa shape index (κ3) is 5.85. The topological polar surface area (TPSA) is 40.5 Å². The van der Waals surface area contributed by atoms with Gasteiger partial charge >= 0.3 is 0 Å². The average molecular weight is 238 g/mol. The summed E-state index contributed by atoms with van der Waals surface area (Å²) < 4.78 is 0. The van der Waals surface area contributed by atoms with E-state index in [0.717, 1.165) is 18.4 Å². The molecule has 2 atom stereocenters. The molecule has 2 nitrogen and oxygen atoms in total. The van der Waals surface area contributed by atoms with Crippen LogP contribution in [-0.4, -0.2) is 22.9 Å². The van der Waals surface area contributed by atoms with Gasteiger partial charge in [0.2, 0.25) is 0 Å². The molecular formula is C15H26O2. The molecule has 0 aliphatic rings. The monoisotopic (exact) mass is 238 g/mol. The van der Waals surface area contributed by atoms with E-state index in [9.17, 15) is 10.2 Å². The van der Waals surface area contributed by atoms with Gasteiger partial charge in [-0.25, -0.2) is 0 Å². The Balaban J connectivity index is 4.47. The molecule has 0 rings (SSSR count). The summed E-state index contributed by atoms with van der Waals surface area (Å²) in [5, 5.41) is 19.3. The Kier molecular flexibility index (Phi) is 7.09. The lowest BCUT2D eigenvalue weighted by molar-refractivity contribution is 0.0592. The zero-order chi connectivity index (χ0) is 13.5. The van der Waals surface area contributed by atoms with Crippen molar-refractivity contribution in [3.63, 3.8) is 0 Å². The second-order valence-electron chi connectivity index (χ2n) is 5.15. The summed E-state index contributed by atoms with van der Waals surface area (Å²) in [7, 11) is 0. The molecule has 2 N–H and O–H groups in total. The van der Waals surface area contributed by atoms with Crippen molar-refractivity contribution in [1.29, 1.82) is 0 Å². The molecule has 0 aromatic rings. The molecule has 0 fully saturated rings. The molecule has 0 aliphatic carbocycles. The highest BCUT2D eigenvalue weighted by molar-refractivity contribution is 5.11. The highest BCUT2D eigenvalue weighted by atomic mass is 16.3. The van der Waals surface area contributed by atoms with Gasteiger partial charge in [0, 0.05) is 5.41 Å². The zero-order valence-corrected chi connectivity index (χ0v) is 11.5. The molecule has 0 saturated carbocycles. The van der Waals surface area contributed by atoms with Gasteiger partial charge in [0.15, 0.2) is 0 Å². The van der Waals surface area contributed by atoms with E-state index in [1.807, 2.05) is 13.0 Å². The van der Waals surface area contributed by atoms with Gasteiger partial charge in [0.05, 0.1) is 12.7 Å². The van der Waals surface area contributed by atoms with Gasteiger partial charge in [-0.2, -0.15) is 0 Å². The molecule has 0 spiro atoms. The van der Waals surface area contributed by atoms with E-state index < -0.39 is 11.5 Å². The number of hydrogen-bond donors (Lipinski definition) is 2. The Morgan fingerprint density at radius 1 is 1.35 bits per heavy atom. The summed E-state index contributed by atoms with van der Waals surface area (Å²) >= 11 is 0. The Bertz CT molecular complexity index is 298. The molecule has 0 saturated heterocycles. The van der Waals surface area contributed by atoms with Crippen LogP contribution in [0.15, 0.2) is 36.0 Å². The summed E-state index contributed by atoms with van der Waals surface area (Å²) in [5.41, 5.74) is 1.79. The van der Waals surface area contributed by atoms with Crippen molar-refractivity contribution in [1.82, 2.24) is 0 Å². The lowest BCUT2D eigenvalue weighted by Crippen LogP contribution is -2.32. The molecule has 17 heavy (non-hydrogen) atoms. The van der Waals surface area contributed by atoms with Crippen LogP contribution in [0.25, 0.3) is 0 Å². The molecule has 0 aromatic heterocycles. The molecular weight excluding hydrogens is 212 g/mol. The molecule has 0 aliphatic heterocycles. The maximum atomic E-state index is 10.0. The number of allylic oxidation sites excluding steroid dienone is 3. The minimum absolute atomic E-state index is 0.102. The Morgan fingerprint density at radius 3 is 2.35 bits per heavy atom. The van der Waals surface area contributed by atoms with Gasteiger partial charge < -0.3 is 10.2 Å². The number of rotatable bonds is 7. The van der Waals surface area contributed by atoms with Crippen molar-refractivity contribution in [2.45, 2.75) is 46.6 Å². The van der Waals surface area contributed by atoms with Crippen molar-refractivity contribution < 1.29 is 10.2 Å². The van der Waals surface area contributed by atoms with E-state index in [2.05, 4.69) is 26.5 Å². The van der Waals surface area contributed by atoms with Crippen molar-refractivity contribution in [3.05, 3.63) is 36.0 Å². The van der Waals surface area contributed by atoms with Crippen LogP contribution in [0.5, 0.6) is 0 Å². The highest BCUT2D eigenvalue weighted by Crippen LogP contribution is 2.24. The first kappa shape index (κ1) is 16.1. The minimum atomic E-state index is -0.684. The minimum Gasteiger partial charge on any atom is -0.395 e. The fourth-order valence-corrected chi connectivity index (χ4v) is 1.41. The molecule has 0 heterocycles. The smallest absolute Gasteiger partial charge is 0.0833 e. The summed E-state index contributed by atoms with van der Waals surface area (Å²) in [6.45, 7) is 11.5. The molecule has 0 aromatic carbocycles. The van der Waals surface area contributed by atoms with Crippen LogP contribution in [0.4, 0.5) is 0 Å². The van der Waals surface area contributed by atoms with E-state index >= 15 is 0 Å². The third-order valence-corrected chi connectivity index (χ3v) is 3.02. The first-order valence-electron chi connectivity index (χ1n) is 6.09. The van der Waals surface area contributed by atoms with Crippen LogP contribution in [0.3, 0.4) is 0 Å². The normalized spacial score (nSPS) is 17.2. The molecule has 2 heteroatoms. The molecule has 0 radical (unpaired) electrons. The Morgan fingerprint density at radius 2 is 1.94 bits per heavy atom. The maximum absolute atomic E-state index is 10.0. The van der Waals surface area contributed by atoms with E-state index in [0.29, 0.717) is 0 Å². The van der Waals surface area contributed by atoms with Gasteiger partial charge in [0.25, 0.3) is 0 Å². The van der Waals surface area contributed by atoms with E-state index in [1.165, 1.54) is 5.57 Å². The van der Waals surface area contributed by atoms with Crippen molar-refractivity contribution in [2.75, 3.05) is 6.61 Å². The standard InChI is InChI=1S/C15H26O2/c1-6-15(5,11-16)14(17)10-13(4)9-7-8-12(2)3/h6,8,10,14,16-17H,1,7,9,11H2,2-5H3/b13-10+.